The van der Waals surface area contributed by atoms with Gasteiger partial charge < -0.3 is 10.4 Å². The molecule has 0 saturated heterocycles. The fourth-order valence-corrected chi connectivity index (χ4v) is 0.381. The normalized spacial score (nSPS) is 27.6. The zero-order valence-electron chi connectivity index (χ0n) is 4.03. The monoisotopic (exact) mass is 113 g/mol. The molecule has 1 aliphatic heterocycles. The summed E-state index contributed by atoms with van der Waals surface area (Å²) in [6.07, 6.45) is 0.437. The molecule has 1 heterocycles. The largest absolute Gasteiger partial charge is 0.385 e. The zero-order chi connectivity index (χ0) is 5.98. The first-order valence-corrected chi connectivity index (χ1v) is 2.15. The highest BCUT2D eigenvalue weighted by Gasteiger charge is 2.08. The lowest BCUT2D eigenvalue weighted by atomic mass is 10.3. The van der Waals surface area contributed by atoms with E-state index in [2.05, 4.69) is 10.3 Å². The van der Waals surface area contributed by atoms with Crippen molar-refractivity contribution in [3.63, 3.8) is 0 Å². The van der Waals surface area contributed by atoms with Gasteiger partial charge in [0.2, 0.25) is 0 Å². The molecule has 0 fully saturated rings. The Bertz CT molecular complexity index is 132. The molecule has 0 aromatic rings. The highest BCUT2D eigenvalue weighted by atomic mass is 16.3. The number of rotatable bonds is 0. The van der Waals surface area contributed by atoms with E-state index in [0.717, 1.165) is 0 Å². The van der Waals surface area contributed by atoms with E-state index in [-0.39, 0.29) is 0 Å². The van der Waals surface area contributed by atoms with Gasteiger partial charge in [0.15, 0.2) is 0 Å². The third-order valence-corrected chi connectivity index (χ3v) is 0.722. The summed E-state index contributed by atoms with van der Waals surface area (Å²) < 4.78 is 0. The Labute approximate surface area is 46.2 Å². The standard InChI is InChI=1S/C4H5N2O2/c7-3-1-5-4(8)6-2-3/h1-3,7H,(H,5,8). The van der Waals surface area contributed by atoms with Crippen LogP contribution in [-0.2, 0) is 0 Å². The Morgan fingerprint density at radius 2 is 2.62 bits per heavy atom. The van der Waals surface area contributed by atoms with Crippen molar-refractivity contribution in [1.29, 1.82) is 0 Å². The first-order chi connectivity index (χ1) is 3.79. The van der Waals surface area contributed by atoms with Crippen molar-refractivity contribution in [3.8, 4) is 0 Å². The minimum atomic E-state index is -0.729. The molecule has 0 saturated carbocycles. The summed E-state index contributed by atoms with van der Waals surface area (Å²) in [5.74, 6) is 0. The molecule has 43 valence electrons. The van der Waals surface area contributed by atoms with Gasteiger partial charge in [-0.05, 0) is 0 Å². The molecule has 2 N–H and O–H groups in total. The van der Waals surface area contributed by atoms with Crippen LogP contribution in [0.2, 0.25) is 0 Å². The zero-order valence-corrected chi connectivity index (χ0v) is 4.03. The number of nitrogens with zero attached hydrogens (tertiary/aromatic N) is 1. The molecule has 1 radical (unpaired) electrons. The van der Waals surface area contributed by atoms with Crippen LogP contribution in [0.25, 0.3) is 0 Å². The van der Waals surface area contributed by atoms with Gasteiger partial charge in [-0.2, -0.15) is 0 Å². The van der Waals surface area contributed by atoms with Crippen LogP contribution < -0.4 is 5.32 Å². The molecule has 4 nitrogen and oxygen atoms in total. The lowest BCUT2D eigenvalue weighted by Gasteiger charge is -2.07. The number of aliphatic hydroxyl groups excluding tert-OH is 1. The van der Waals surface area contributed by atoms with Crippen LogP contribution in [0.5, 0.6) is 0 Å². The molecule has 0 aromatic heterocycles. The van der Waals surface area contributed by atoms with Crippen molar-refractivity contribution in [3.05, 3.63) is 6.54 Å². The van der Waals surface area contributed by atoms with Crippen LogP contribution in [0.1, 0.15) is 0 Å². The van der Waals surface area contributed by atoms with Crippen LogP contribution in [0.15, 0.2) is 4.99 Å². The average molecular weight is 113 g/mol. The minimum absolute atomic E-state index is 0.435. The van der Waals surface area contributed by atoms with Crippen LogP contribution in [0.3, 0.4) is 0 Å². The quantitative estimate of drug-likeness (QED) is 0.436. The second-order valence-corrected chi connectivity index (χ2v) is 1.38. The van der Waals surface area contributed by atoms with Crippen molar-refractivity contribution < 1.29 is 9.90 Å². The highest BCUT2D eigenvalue weighted by molar-refractivity contribution is 5.88. The smallest absolute Gasteiger partial charge is 0.341 e. The van der Waals surface area contributed by atoms with E-state index in [0.29, 0.717) is 0 Å². The molecule has 0 spiro atoms. The molecule has 8 heavy (non-hydrogen) atoms. The van der Waals surface area contributed by atoms with Crippen molar-refractivity contribution in [2.24, 2.45) is 4.99 Å². The third-order valence-electron chi connectivity index (χ3n) is 0.722. The van der Waals surface area contributed by atoms with Gasteiger partial charge in [-0.15, -0.1) is 0 Å². The Hall–Kier alpha value is -0.900. The predicted molar refractivity (Wildman–Crippen MR) is 27.3 cm³/mol. The van der Waals surface area contributed by atoms with E-state index in [4.69, 9.17) is 5.11 Å². The summed E-state index contributed by atoms with van der Waals surface area (Å²) in [6.45, 7) is 1.26. The summed E-state index contributed by atoms with van der Waals surface area (Å²) in [7, 11) is 0. The third kappa shape index (κ3) is 1.04. The lowest BCUT2D eigenvalue weighted by molar-refractivity contribution is 0.235. The number of aliphatic hydroxyl groups is 1. The second kappa shape index (κ2) is 1.92. The van der Waals surface area contributed by atoms with Crippen molar-refractivity contribution >= 4 is 12.2 Å². The summed E-state index contributed by atoms with van der Waals surface area (Å²) in [5, 5.41) is 10.8. The molecule has 2 amide bonds. The lowest BCUT2D eigenvalue weighted by Crippen LogP contribution is -2.30. The minimum Gasteiger partial charge on any atom is -0.385 e. The van der Waals surface area contributed by atoms with Gasteiger partial charge in [0.25, 0.3) is 0 Å². The van der Waals surface area contributed by atoms with Crippen LogP contribution in [0.4, 0.5) is 4.79 Å². The maximum Gasteiger partial charge on any atom is 0.341 e. The van der Waals surface area contributed by atoms with E-state index in [1.165, 1.54) is 12.8 Å². The second-order valence-electron chi connectivity index (χ2n) is 1.38. The topological polar surface area (TPSA) is 61.7 Å². The predicted octanol–water partition coefficient (Wildman–Crippen LogP) is -0.697. The summed E-state index contributed by atoms with van der Waals surface area (Å²) in [4.78, 5) is 13.4. The van der Waals surface area contributed by atoms with Crippen LogP contribution in [0, 0.1) is 6.54 Å². The Balaban J connectivity index is 2.55. The summed E-state index contributed by atoms with van der Waals surface area (Å²) in [5.41, 5.74) is 0. The maximum absolute atomic E-state index is 10.2. The maximum atomic E-state index is 10.2. The Morgan fingerprint density at radius 3 is 3.00 bits per heavy atom. The molecular formula is C4H5N2O2. The number of nitrogens with one attached hydrogen (secondary N) is 1. The fourth-order valence-electron chi connectivity index (χ4n) is 0.381. The average Bonchev–Trinajstić information content (AvgIpc) is 1.77. The Morgan fingerprint density at radius 1 is 1.88 bits per heavy atom. The number of carbonyl (C=O) groups excluding carboxylic acids is 1. The molecule has 1 rings (SSSR count). The summed E-state index contributed by atoms with van der Waals surface area (Å²) >= 11 is 0. The molecule has 0 bridgehead atoms. The summed E-state index contributed by atoms with van der Waals surface area (Å²) in [6, 6.07) is -0.435. The van der Waals surface area contributed by atoms with E-state index in [1.54, 1.807) is 0 Å². The molecule has 1 unspecified atom stereocenters. The van der Waals surface area contributed by atoms with Gasteiger partial charge in [-0.3, -0.25) is 0 Å². The molecule has 0 aliphatic carbocycles. The molecular weight excluding hydrogens is 108 g/mol. The van der Waals surface area contributed by atoms with Crippen molar-refractivity contribution in [2.75, 3.05) is 0 Å². The van der Waals surface area contributed by atoms with Gasteiger partial charge in [0, 0.05) is 6.21 Å². The fraction of sp³-hybridized carbons (Fsp3) is 0.250. The van der Waals surface area contributed by atoms with Gasteiger partial charge >= 0.3 is 6.03 Å². The van der Waals surface area contributed by atoms with E-state index in [1.807, 2.05) is 0 Å². The van der Waals surface area contributed by atoms with Crippen LogP contribution in [-0.4, -0.2) is 23.5 Å². The van der Waals surface area contributed by atoms with Crippen molar-refractivity contribution in [2.45, 2.75) is 6.10 Å². The van der Waals surface area contributed by atoms with Crippen LogP contribution >= 0.6 is 0 Å². The SMILES string of the molecule is O=C1N=CC(O)[CH]N1. The van der Waals surface area contributed by atoms with Gasteiger partial charge in [0.1, 0.15) is 6.10 Å². The van der Waals surface area contributed by atoms with E-state index < -0.39 is 12.1 Å². The number of aliphatic imine (C=N–C) groups is 1. The molecule has 4 heteroatoms. The Kier molecular flexibility index (Phi) is 1.26. The number of hydrogen-bond acceptors (Lipinski definition) is 2. The van der Waals surface area contributed by atoms with Gasteiger partial charge in [-0.1, -0.05) is 0 Å². The number of hydrogen-bond donors (Lipinski definition) is 2. The number of amides is 2. The molecule has 0 aromatic carbocycles. The van der Waals surface area contributed by atoms with E-state index in [9.17, 15) is 4.79 Å². The highest BCUT2D eigenvalue weighted by Crippen LogP contribution is 1.89. The van der Waals surface area contributed by atoms with E-state index >= 15 is 0 Å². The van der Waals surface area contributed by atoms with Gasteiger partial charge in [-0.25, -0.2) is 9.79 Å². The number of carbonyl (C=O) groups is 1. The van der Waals surface area contributed by atoms with Crippen molar-refractivity contribution in [1.82, 2.24) is 5.32 Å². The number of urea groups is 1. The first-order valence-electron chi connectivity index (χ1n) is 2.15. The molecule has 1 aliphatic rings. The molecule has 1 atom stereocenters. The van der Waals surface area contributed by atoms with Gasteiger partial charge in [0.05, 0.1) is 6.54 Å². The first kappa shape index (κ1) is 5.24.